The molecule has 0 radical (unpaired) electrons. The molecule has 0 saturated carbocycles. The Kier molecular flexibility index (Phi) is 11.9. The summed E-state index contributed by atoms with van der Waals surface area (Å²) in [6.45, 7) is 3.89. The number of alkyl halides is 3. The molecule has 0 aliphatic rings. The predicted octanol–water partition coefficient (Wildman–Crippen LogP) is 7.72. The van der Waals surface area contributed by atoms with Crippen LogP contribution in [-0.2, 0) is 30.5 Å². The summed E-state index contributed by atoms with van der Waals surface area (Å²) in [5, 5.41) is 15.7. The molecule has 10 nitrogen and oxygen atoms in total. The first kappa shape index (κ1) is 35.6. The largest absolute Gasteiger partial charge is 0.416 e. The van der Waals surface area contributed by atoms with Gasteiger partial charge in [-0.25, -0.2) is 4.98 Å². The highest BCUT2D eigenvalue weighted by atomic mass is 32.1. The van der Waals surface area contributed by atoms with Crippen molar-refractivity contribution in [2.24, 2.45) is 22.7 Å². The number of anilines is 1. The number of azide groups is 1. The van der Waals surface area contributed by atoms with Crippen molar-refractivity contribution in [3.63, 3.8) is 0 Å². The fourth-order valence-corrected chi connectivity index (χ4v) is 5.70. The Balaban J connectivity index is 1.65. The smallest absolute Gasteiger partial charge is 0.333 e. The molecule has 0 spiro atoms. The monoisotopic (exact) mass is 673 g/mol. The van der Waals surface area contributed by atoms with Crippen molar-refractivity contribution in [2.75, 3.05) is 5.32 Å². The van der Waals surface area contributed by atoms with Crippen molar-refractivity contribution >= 4 is 34.5 Å². The van der Waals surface area contributed by atoms with Crippen LogP contribution in [0.15, 0.2) is 90.4 Å². The number of hydrogen-bond acceptors (Lipinski definition) is 6. The molecule has 248 valence electrons. The van der Waals surface area contributed by atoms with E-state index in [0.29, 0.717) is 35.6 Å². The molecule has 0 fully saturated rings. The SMILES string of the molecule is CC[C@H](C)[C@H](C(=O)Cc1cncn1Cc1ccc(C#N)cc1)C(N)N(Cc1ccccc1C(F)(F)F)C(=S)Nc1ccc(N=[N+]=[N-])cc1. The lowest BCUT2D eigenvalue weighted by molar-refractivity contribution is -0.138. The highest BCUT2D eigenvalue weighted by molar-refractivity contribution is 7.80. The molecular formula is C34H34F3N9OS. The molecule has 3 atom stereocenters. The van der Waals surface area contributed by atoms with Gasteiger partial charge in [-0.05, 0) is 65.1 Å². The number of benzene rings is 3. The fourth-order valence-electron chi connectivity index (χ4n) is 5.40. The highest BCUT2D eigenvalue weighted by Crippen LogP contribution is 2.34. The van der Waals surface area contributed by atoms with Gasteiger partial charge >= 0.3 is 6.18 Å². The van der Waals surface area contributed by atoms with Gasteiger partial charge in [0, 0.05) is 47.7 Å². The lowest BCUT2D eigenvalue weighted by Crippen LogP contribution is -2.55. The summed E-state index contributed by atoms with van der Waals surface area (Å²) in [7, 11) is 0. The molecule has 48 heavy (non-hydrogen) atoms. The van der Waals surface area contributed by atoms with Crippen LogP contribution in [0.25, 0.3) is 10.4 Å². The Morgan fingerprint density at radius 1 is 1.17 bits per heavy atom. The number of thiocarbonyl (C=S) groups is 1. The summed E-state index contributed by atoms with van der Waals surface area (Å²) in [4.78, 5) is 22.6. The Morgan fingerprint density at radius 3 is 2.48 bits per heavy atom. The number of halogens is 3. The van der Waals surface area contributed by atoms with Gasteiger partial charge in [0.25, 0.3) is 0 Å². The van der Waals surface area contributed by atoms with Crippen LogP contribution in [0.2, 0.25) is 0 Å². The number of carbonyl (C=O) groups excluding carboxylic acids is 1. The molecule has 1 aromatic heterocycles. The Morgan fingerprint density at radius 2 is 1.85 bits per heavy atom. The van der Waals surface area contributed by atoms with E-state index in [-0.39, 0.29) is 35.3 Å². The number of Topliss-reactive ketones (excluding diaryl/α,β-unsaturated/α-hetero) is 1. The summed E-state index contributed by atoms with van der Waals surface area (Å²) in [6.07, 6.45) is -1.96. The van der Waals surface area contributed by atoms with Gasteiger partial charge in [0.2, 0.25) is 0 Å². The van der Waals surface area contributed by atoms with E-state index in [0.717, 1.165) is 11.6 Å². The van der Waals surface area contributed by atoms with Crippen LogP contribution >= 0.6 is 12.2 Å². The Bertz CT molecular complexity index is 1810. The van der Waals surface area contributed by atoms with E-state index in [1.165, 1.54) is 23.1 Å². The summed E-state index contributed by atoms with van der Waals surface area (Å²) >= 11 is 5.74. The second-order valence-corrected chi connectivity index (χ2v) is 11.7. The molecule has 1 unspecified atom stereocenters. The van der Waals surface area contributed by atoms with Crippen molar-refractivity contribution in [3.05, 3.63) is 124 Å². The first-order valence-corrected chi connectivity index (χ1v) is 15.5. The molecule has 14 heteroatoms. The second-order valence-electron chi connectivity index (χ2n) is 11.3. The van der Waals surface area contributed by atoms with Crippen LogP contribution < -0.4 is 11.1 Å². The van der Waals surface area contributed by atoms with Crippen LogP contribution in [0.4, 0.5) is 24.5 Å². The average Bonchev–Trinajstić information content (AvgIpc) is 3.50. The Labute approximate surface area is 281 Å². The lowest BCUT2D eigenvalue weighted by Gasteiger charge is -2.38. The summed E-state index contributed by atoms with van der Waals surface area (Å²) < 4.78 is 44.0. The van der Waals surface area contributed by atoms with Crippen LogP contribution in [0, 0.1) is 23.2 Å². The maximum Gasteiger partial charge on any atom is 0.416 e. The number of imidazole rings is 1. The topological polar surface area (TPSA) is 149 Å². The molecule has 3 aromatic carbocycles. The number of ketones is 1. The molecule has 4 rings (SSSR count). The standard InChI is InChI=1S/C34H34F3N9OS/c1-3-22(2)31(30(47)16-28-18-41-21-45(28)19-24-10-8-23(17-38)9-11-24)32(39)46(20-25-6-4-5-7-29(25)34(35,36)37)33(48)42-26-12-14-27(15-13-26)43-44-40/h4-15,18,21-22,31-32H,3,16,19-20,39H2,1-2H3,(H,42,48)/t22-,31+,32?/m0/s1. The van der Waals surface area contributed by atoms with E-state index >= 15 is 0 Å². The second kappa shape index (κ2) is 16.1. The van der Waals surface area contributed by atoms with Crippen LogP contribution in [0.3, 0.4) is 0 Å². The first-order chi connectivity index (χ1) is 22.9. The van der Waals surface area contributed by atoms with Gasteiger partial charge < -0.3 is 20.5 Å². The van der Waals surface area contributed by atoms with E-state index in [4.69, 9.17) is 28.7 Å². The van der Waals surface area contributed by atoms with E-state index in [2.05, 4.69) is 26.4 Å². The molecule has 3 N–H and O–H groups in total. The van der Waals surface area contributed by atoms with Crippen molar-refractivity contribution in [1.29, 1.82) is 5.26 Å². The van der Waals surface area contributed by atoms with Crippen molar-refractivity contribution in [2.45, 2.75) is 52.1 Å². The van der Waals surface area contributed by atoms with Gasteiger partial charge in [-0.15, -0.1) is 0 Å². The molecule has 4 aromatic rings. The summed E-state index contributed by atoms with van der Waals surface area (Å²) in [5.74, 6) is -1.29. The minimum atomic E-state index is -4.63. The number of nitrogens with zero attached hydrogens (tertiary/aromatic N) is 7. The molecule has 0 saturated heterocycles. The lowest BCUT2D eigenvalue weighted by atomic mass is 9.83. The third kappa shape index (κ3) is 8.98. The Hall–Kier alpha value is -5.22. The maximum absolute atomic E-state index is 14.1. The summed E-state index contributed by atoms with van der Waals surface area (Å²) in [5.41, 5.74) is 17.6. The number of nitriles is 1. The van der Waals surface area contributed by atoms with Gasteiger partial charge in [-0.2, -0.15) is 18.4 Å². The average molecular weight is 674 g/mol. The van der Waals surface area contributed by atoms with E-state index in [9.17, 15) is 18.0 Å². The van der Waals surface area contributed by atoms with Gasteiger partial charge in [-0.1, -0.05) is 67.8 Å². The minimum Gasteiger partial charge on any atom is -0.333 e. The normalized spacial score (nSPS) is 13.0. The zero-order chi connectivity index (χ0) is 34.8. The molecule has 0 bridgehead atoms. The number of rotatable bonds is 13. The third-order valence-electron chi connectivity index (χ3n) is 8.15. The van der Waals surface area contributed by atoms with Crippen molar-refractivity contribution in [1.82, 2.24) is 14.5 Å². The molecular weight excluding hydrogens is 639 g/mol. The van der Waals surface area contributed by atoms with Gasteiger partial charge in [0.15, 0.2) is 5.11 Å². The summed E-state index contributed by atoms with van der Waals surface area (Å²) in [6, 6.07) is 20.7. The van der Waals surface area contributed by atoms with E-state index in [1.54, 1.807) is 48.9 Å². The number of nitrogens with one attached hydrogen (secondary N) is 1. The van der Waals surface area contributed by atoms with Crippen LogP contribution in [0.5, 0.6) is 0 Å². The predicted molar refractivity (Wildman–Crippen MR) is 181 cm³/mol. The fraction of sp³-hybridized carbons (Fsp3) is 0.294. The third-order valence-corrected chi connectivity index (χ3v) is 8.49. The van der Waals surface area contributed by atoms with Crippen LogP contribution in [0.1, 0.15) is 48.2 Å². The zero-order valence-corrected chi connectivity index (χ0v) is 27.1. The molecule has 0 amide bonds. The molecule has 0 aliphatic heterocycles. The highest BCUT2D eigenvalue weighted by Gasteiger charge is 2.38. The van der Waals surface area contributed by atoms with Gasteiger partial charge in [-0.3, -0.25) is 4.79 Å². The maximum atomic E-state index is 14.1. The minimum absolute atomic E-state index is 0.0166. The van der Waals surface area contributed by atoms with E-state index in [1.807, 2.05) is 30.5 Å². The number of carbonyl (C=O) groups is 1. The number of nitrogens with two attached hydrogens (primary N) is 1. The molecule has 0 aliphatic carbocycles. The first-order valence-electron chi connectivity index (χ1n) is 15.1. The van der Waals surface area contributed by atoms with Gasteiger partial charge in [0.05, 0.1) is 35.6 Å². The van der Waals surface area contributed by atoms with Crippen molar-refractivity contribution in [3.8, 4) is 6.07 Å². The van der Waals surface area contributed by atoms with Gasteiger partial charge in [0.1, 0.15) is 5.78 Å². The zero-order valence-electron chi connectivity index (χ0n) is 26.3. The quantitative estimate of drug-likeness (QED) is 0.0485. The van der Waals surface area contributed by atoms with E-state index < -0.39 is 23.8 Å². The van der Waals surface area contributed by atoms with Crippen LogP contribution in [-0.4, -0.2) is 31.5 Å². The number of aromatic nitrogens is 2. The van der Waals surface area contributed by atoms with Crippen molar-refractivity contribution < 1.29 is 18.0 Å². The number of hydrogen-bond donors (Lipinski definition) is 2. The molecule has 1 heterocycles.